The molecule has 8 aromatic rings. The number of ether oxygens (including phenoxy) is 2. The van der Waals surface area contributed by atoms with Crippen LogP contribution in [-0.4, -0.2) is 95.3 Å². The summed E-state index contributed by atoms with van der Waals surface area (Å²) in [5, 5.41) is 30.4. The first-order valence-electron chi connectivity index (χ1n) is 30.8. The maximum Gasteiger partial charge on any atom is 0.297 e. The number of para-hydroxylation sites is 2. The second kappa shape index (κ2) is 28.8. The number of anilines is 2. The fraction of sp³-hybridized carbons (Fsp3) is 0.314. The number of nitrogens with one attached hydrogen (secondary N) is 6. The van der Waals surface area contributed by atoms with Gasteiger partial charge < -0.3 is 60.3 Å². The average Bonchev–Trinajstić information content (AvgIpc) is 1.65. The van der Waals surface area contributed by atoms with E-state index in [0.717, 1.165) is 100 Å². The Labute approximate surface area is 530 Å². The third-order valence-electron chi connectivity index (χ3n) is 16.6. The summed E-state index contributed by atoms with van der Waals surface area (Å²) in [4.78, 5) is 82.0. The Kier molecular flexibility index (Phi) is 20.3. The number of benzene rings is 6. The van der Waals surface area contributed by atoms with E-state index in [1.54, 1.807) is 26.0 Å². The molecule has 478 valence electrons. The van der Waals surface area contributed by atoms with E-state index in [1.165, 1.54) is 67.0 Å². The minimum atomic E-state index is -2.19. The number of amides is 2. The van der Waals surface area contributed by atoms with Crippen LogP contribution in [0.25, 0.3) is 11.4 Å². The van der Waals surface area contributed by atoms with Crippen LogP contribution in [0.15, 0.2) is 168 Å². The van der Waals surface area contributed by atoms with E-state index in [2.05, 4.69) is 93.9 Å². The smallest absolute Gasteiger partial charge is 0.297 e. The normalized spacial score (nSPS) is 15.3. The molecule has 0 radical (unpaired) electrons. The molecule has 4 aliphatic carbocycles. The van der Waals surface area contributed by atoms with Gasteiger partial charge in [-0.1, -0.05) is 97.1 Å². The Morgan fingerprint density at radius 3 is 1.26 bits per heavy atom. The molecular formula is C70H74F2N10O10. The highest BCUT2D eigenvalue weighted by Gasteiger charge is 2.48. The summed E-state index contributed by atoms with van der Waals surface area (Å²) in [6.45, 7) is 7.81. The molecule has 0 spiro atoms. The predicted octanol–water partition coefficient (Wildman–Crippen LogP) is 4.02. The predicted molar refractivity (Wildman–Crippen MR) is 337 cm³/mol. The van der Waals surface area contributed by atoms with Gasteiger partial charge in [0.15, 0.2) is 11.6 Å². The van der Waals surface area contributed by atoms with Crippen LogP contribution in [0.3, 0.4) is 0 Å². The van der Waals surface area contributed by atoms with Crippen molar-refractivity contribution in [2.24, 2.45) is 0 Å². The Morgan fingerprint density at radius 2 is 0.913 bits per heavy atom. The number of aromatic nitrogens is 4. The highest BCUT2D eigenvalue weighted by atomic mass is 19.1. The van der Waals surface area contributed by atoms with E-state index in [9.17, 15) is 28.0 Å². The Morgan fingerprint density at radius 1 is 0.554 bits per heavy atom. The van der Waals surface area contributed by atoms with Crippen molar-refractivity contribution in [2.75, 3.05) is 51.0 Å². The maximum atomic E-state index is 14.9. The summed E-state index contributed by atoms with van der Waals surface area (Å²) in [6, 6.07) is 42.5. The number of halogens is 2. The SMILES string of the molecule is Cc1c(F)cc(C(=O)NC2CC2)cc1-n1ccnc(NC2(c3ccccc3OCC[NH+](C)Cc3ccccc3)CC2)c1=O.Cc1c(F)cc(C(=O)NC2CC2)cc1-n1ccnc(NC2(c3ccccc3OCC[NH+](C)Cc3ccccc3)CC2)c1=O.O=C([O-])C(=O)[O-]. The monoisotopic (exact) mass is 1250 g/mol. The van der Waals surface area contributed by atoms with Crippen molar-refractivity contribution in [3.8, 4) is 22.9 Å². The van der Waals surface area contributed by atoms with Crippen molar-refractivity contribution in [3.05, 3.63) is 235 Å². The fourth-order valence-electron chi connectivity index (χ4n) is 10.8. The lowest BCUT2D eigenvalue weighted by molar-refractivity contribution is -0.893. The number of quaternary nitrogens is 2. The largest absolute Gasteiger partial charge is 0.543 e. The first-order valence-corrected chi connectivity index (χ1v) is 30.8. The van der Waals surface area contributed by atoms with Gasteiger partial charge in [-0.25, -0.2) is 18.7 Å². The second-order valence-corrected chi connectivity index (χ2v) is 24.0. The standard InChI is InChI=1S/2C34H36FN5O3.C2H2O4/c2*1-23-28(35)20-25(32(41)37-26-12-13-26)21-29(23)40-17-16-36-31(33(40)42)38-34(14-15-34)27-10-6-7-11-30(27)43-19-18-39(2)22-24-8-4-3-5-9-24;3-1(4)2(5)6/h2*3-11,16-17,20-21,26H,12-15,18-19,22H2,1-2H3,(H,36,38)(H,37,41);(H,3,4)(H,5,6). The summed E-state index contributed by atoms with van der Waals surface area (Å²) < 4.78 is 45.1. The van der Waals surface area contributed by atoms with Crippen LogP contribution in [-0.2, 0) is 33.8 Å². The molecule has 12 rings (SSSR count). The van der Waals surface area contributed by atoms with Crippen LogP contribution in [0.4, 0.5) is 20.4 Å². The van der Waals surface area contributed by atoms with Crippen LogP contribution in [0, 0.1) is 25.5 Å². The summed E-state index contributed by atoms with van der Waals surface area (Å²) in [7, 11) is 4.31. The van der Waals surface area contributed by atoms with Gasteiger partial charge in [0, 0.05) is 81.4 Å². The number of rotatable bonds is 24. The van der Waals surface area contributed by atoms with E-state index in [1.807, 2.05) is 60.7 Å². The highest BCUT2D eigenvalue weighted by molar-refractivity contribution is 6.25. The van der Waals surface area contributed by atoms with Gasteiger partial charge in [-0.3, -0.25) is 28.3 Å². The van der Waals surface area contributed by atoms with Crippen LogP contribution < -0.4 is 61.9 Å². The number of likely N-dealkylation sites (N-methyl/N-ethyl adjacent to an activating group) is 2. The van der Waals surface area contributed by atoms with E-state index < -0.39 is 45.8 Å². The van der Waals surface area contributed by atoms with E-state index >= 15 is 0 Å². The van der Waals surface area contributed by atoms with Gasteiger partial charge in [-0.05, 0) is 102 Å². The number of carbonyl (C=O) groups excluding carboxylic acids is 4. The first kappa shape index (κ1) is 64.9. The van der Waals surface area contributed by atoms with Crippen LogP contribution in [0.1, 0.15) is 105 Å². The zero-order valence-electron chi connectivity index (χ0n) is 51.7. The van der Waals surface area contributed by atoms with Crippen LogP contribution in [0.2, 0.25) is 0 Å². The van der Waals surface area contributed by atoms with Gasteiger partial charge in [0.2, 0.25) is 0 Å². The van der Waals surface area contributed by atoms with Crippen LogP contribution in [0.5, 0.6) is 11.5 Å². The van der Waals surface area contributed by atoms with Gasteiger partial charge in [0.1, 0.15) is 62.5 Å². The lowest BCUT2D eigenvalue weighted by Gasteiger charge is -2.22. The van der Waals surface area contributed by atoms with Gasteiger partial charge in [0.25, 0.3) is 22.9 Å². The molecule has 2 unspecified atom stereocenters. The van der Waals surface area contributed by atoms with Gasteiger partial charge in [0.05, 0.1) is 48.5 Å². The van der Waals surface area contributed by atoms with Crippen molar-refractivity contribution in [2.45, 2.75) is 101 Å². The van der Waals surface area contributed by atoms with Crippen molar-refractivity contribution in [1.29, 1.82) is 0 Å². The Balaban J connectivity index is 0.000000185. The molecule has 4 saturated carbocycles. The molecule has 6 aromatic carbocycles. The second-order valence-electron chi connectivity index (χ2n) is 24.0. The summed E-state index contributed by atoms with van der Waals surface area (Å²) >= 11 is 0. The molecule has 22 heteroatoms. The van der Waals surface area contributed by atoms with Gasteiger partial charge in [-0.15, -0.1) is 0 Å². The molecule has 2 atom stereocenters. The molecule has 6 N–H and O–H groups in total. The van der Waals surface area contributed by atoms with E-state index in [4.69, 9.17) is 29.3 Å². The third-order valence-corrected chi connectivity index (χ3v) is 16.6. The van der Waals surface area contributed by atoms with E-state index in [-0.39, 0.29) is 57.8 Å². The number of hydrogen-bond donors (Lipinski definition) is 6. The molecule has 0 saturated heterocycles. The molecule has 0 bridgehead atoms. The quantitative estimate of drug-likeness (QED) is 0.0468. The number of carboxylic acid groups (broad SMARTS) is 2. The van der Waals surface area contributed by atoms with Crippen LogP contribution >= 0.6 is 0 Å². The van der Waals surface area contributed by atoms with Gasteiger partial charge >= 0.3 is 0 Å². The maximum absolute atomic E-state index is 14.9. The number of carbonyl (C=O) groups is 4. The van der Waals surface area contributed by atoms with E-state index in [0.29, 0.717) is 24.6 Å². The molecule has 2 aromatic heterocycles. The molecule has 92 heavy (non-hydrogen) atoms. The zero-order valence-corrected chi connectivity index (χ0v) is 51.7. The lowest BCUT2D eigenvalue weighted by atomic mass is 10.0. The fourth-order valence-corrected chi connectivity index (χ4v) is 10.8. The molecule has 2 amide bonds. The Hall–Kier alpha value is -10.1. The van der Waals surface area contributed by atoms with Crippen molar-refractivity contribution in [1.82, 2.24) is 29.7 Å². The number of hydrogen-bond acceptors (Lipinski definition) is 14. The molecule has 4 fully saturated rings. The lowest BCUT2D eigenvalue weighted by Crippen LogP contribution is -3.08. The zero-order chi connectivity index (χ0) is 65.1. The van der Waals surface area contributed by atoms with Crippen molar-refractivity contribution < 1.29 is 57.4 Å². The number of nitrogens with zero attached hydrogens (tertiary/aromatic N) is 4. The molecular weight excluding hydrogens is 1180 g/mol. The topological polar surface area (TPSA) is 260 Å². The van der Waals surface area contributed by atoms with Crippen molar-refractivity contribution >= 4 is 35.4 Å². The van der Waals surface area contributed by atoms with Crippen molar-refractivity contribution in [3.63, 3.8) is 0 Å². The number of carboxylic acids is 2. The average molecular weight is 1250 g/mol. The summed E-state index contributed by atoms with van der Waals surface area (Å²) in [5.41, 5.74) is 4.27. The first-order chi connectivity index (χ1) is 44.3. The minimum Gasteiger partial charge on any atom is -0.543 e. The summed E-state index contributed by atoms with van der Waals surface area (Å²) in [6.07, 6.45) is 13.0. The molecule has 2 heterocycles. The molecule has 20 nitrogen and oxygen atoms in total. The molecule has 0 aliphatic heterocycles. The molecule has 4 aliphatic rings. The highest BCUT2D eigenvalue weighted by Crippen LogP contribution is 2.52. The Bertz CT molecular complexity index is 3830. The summed E-state index contributed by atoms with van der Waals surface area (Å²) in [5.74, 6) is -4.26. The van der Waals surface area contributed by atoms with Gasteiger partial charge in [-0.2, -0.15) is 0 Å². The third kappa shape index (κ3) is 16.5. The minimum absolute atomic E-state index is 0.137. The number of aliphatic carboxylic acids is 2.